The molecule has 1 fully saturated rings. The number of amides is 3. The van der Waals surface area contributed by atoms with Gasteiger partial charge in [-0.25, -0.2) is 4.79 Å². The number of rotatable bonds is 6. The molecule has 1 aliphatic rings. The van der Waals surface area contributed by atoms with Gasteiger partial charge in [0.15, 0.2) is 5.78 Å². The second kappa shape index (κ2) is 7.39. The normalized spacial score (nSPS) is 16.9. The number of carbonyl (C=O) groups is 3. The highest BCUT2D eigenvalue weighted by atomic mass is 16.2. The Morgan fingerprint density at radius 1 is 1.15 bits per heavy atom. The van der Waals surface area contributed by atoms with Gasteiger partial charge in [-0.15, -0.1) is 0 Å². The van der Waals surface area contributed by atoms with Crippen molar-refractivity contribution in [1.82, 2.24) is 14.8 Å². The van der Waals surface area contributed by atoms with Crippen molar-refractivity contribution in [1.29, 1.82) is 0 Å². The van der Waals surface area contributed by atoms with Crippen LogP contribution < -0.4 is 5.32 Å². The van der Waals surface area contributed by atoms with Gasteiger partial charge < -0.3 is 9.88 Å². The van der Waals surface area contributed by atoms with Crippen LogP contribution in [0.25, 0.3) is 0 Å². The van der Waals surface area contributed by atoms with E-state index in [-0.39, 0.29) is 24.2 Å². The van der Waals surface area contributed by atoms with Crippen LogP contribution >= 0.6 is 0 Å². The number of benzene rings is 1. The Hall–Kier alpha value is -2.89. The maximum absolute atomic E-state index is 12.8. The van der Waals surface area contributed by atoms with Crippen LogP contribution in [-0.4, -0.2) is 39.8 Å². The van der Waals surface area contributed by atoms with E-state index in [0.29, 0.717) is 12.1 Å². The van der Waals surface area contributed by atoms with Crippen LogP contribution in [0.3, 0.4) is 0 Å². The van der Waals surface area contributed by atoms with Crippen molar-refractivity contribution in [3.8, 4) is 0 Å². The van der Waals surface area contributed by atoms with Gasteiger partial charge in [0, 0.05) is 23.5 Å². The van der Waals surface area contributed by atoms with Crippen LogP contribution in [0.1, 0.15) is 41.2 Å². The van der Waals surface area contributed by atoms with E-state index in [9.17, 15) is 14.4 Å². The molecule has 1 aromatic heterocycles. The lowest BCUT2D eigenvalue weighted by Crippen LogP contribution is -2.37. The number of aryl methyl sites for hydroxylation is 1. The van der Waals surface area contributed by atoms with E-state index >= 15 is 0 Å². The summed E-state index contributed by atoms with van der Waals surface area (Å²) >= 11 is 0. The first-order valence-electron chi connectivity index (χ1n) is 9.15. The Kier molecular flexibility index (Phi) is 5.17. The smallest absolute Gasteiger partial charge is 0.325 e. The Bertz CT molecular complexity index is 884. The maximum atomic E-state index is 12.8. The fourth-order valence-corrected chi connectivity index (χ4v) is 3.46. The summed E-state index contributed by atoms with van der Waals surface area (Å²) < 4.78 is 2.07. The molecule has 142 valence electrons. The molecule has 6 nitrogen and oxygen atoms in total. The first kappa shape index (κ1) is 18.9. The number of imide groups is 1. The summed E-state index contributed by atoms with van der Waals surface area (Å²) in [6.45, 7) is 8.02. The minimum atomic E-state index is -0.559. The van der Waals surface area contributed by atoms with E-state index in [4.69, 9.17) is 0 Å². The highest BCUT2D eigenvalue weighted by Gasteiger charge is 2.40. The van der Waals surface area contributed by atoms with E-state index in [1.807, 2.05) is 64.1 Å². The summed E-state index contributed by atoms with van der Waals surface area (Å²) in [6, 6.07) is 10.8. The largest absolute Gasteiger partial charge is 0.344 e. The van der Waals surface area contributed by atoms with Crippen molar-refractivity contribution < 1.29 is 14.4 Å². The van der Waals surface area contributed by atoms with E-state index in [1.54, 1.807) is 0 Å². The van der Waals surface area contributed by atoms with Crippen molar-refractivity contribution in [3.05, 3.63) is 58.9 Å². The Labute approximate surface area is 159 Å². The predicted molar refractivity (Wildman–Crippen MR) is 103 cm³/mol. The van der Waals surface area contributed by atoms with Crippen molar-refractivity contribution in [2.24, 2.45) is 5.92 Å². The summed E-state index contributed by atoms with van der Waals surface area (Å²) in [5.41, 5.74) is 3.51. The third kappa shape index (κ3) is 3.65. The van der Waals surface area contributed by atoms with Crippen molar-refractivity contribution in [2.75, 3.05) is 6.54 Å². The molecule has 1 saturated heterocycles. The molecule has 0 spiro atoms. The first-order chi connectivity index (χ1) is 12.8. The lowest BCUT2D eigenvalue weighted by atomic mass is 10.0. The molecule has 2 aromatic rings. The summed E-state index contributed by atoms with van der Waals surface area (Å²) in [6.07, 6.45) is 0. The van der Waals surface area contributed by atoms with Gasteiger partial charge in [0.1, 0.15) is 6.04 Å². The SMILES string of the molecule is Cc1cc(C(=O)CN2C(=O)NC(C(C)C)C2=O)c(C)n1Cc1ccccc1. The molecule has 0 radical (unpaired) electrons. The predicted octanol–water partition coefficient (Wildman–Crippen LogP) is 2.91. The molecule has 27 heavy (non-hydrogen) atoms. The quantitative estimate of drug-likeness (QED) is 0.630. The van der Waals surface area contributed by atoms with Gasteiger partial charge >= 0.3 is 6.03 Å². The summed E-state index contributed by atoms with van der Waals surface area (Å²) in [5.74, 6) is -0.575. The molecule has 1 unspecified atom stereocenters. The monoisotopic (exact) mass is 367 g/mol. The van der Waals surface area contributed by atoms with E-state index < -0.39 is 12.1 Å². The maximum Gasteiger partial charge on any atom is 0.325 e. The fraction of sp³-hybridized carbons (Fsp3) is 0.381. The van der Waals surface area contributed by atoms with Gasteiger partial charge in [-0.1, -0.05) is 44.2 Å². The first-order valence-corrected chi connectivity index (χ1v) is 9.15. The van der Waals surface area contributed by atoms with Crippen LogP contribution in [0.2, 0.25) is 0 Å². The summed E-state index contributed by atoms with van der Waals surface area (Å²) in [7, 11) is 0. The lowest BCUT2D eigenvalue weighted by Gasteiger charge is -2.14. The van der Waals surface area contributed by atoms with Gasteiger partial charge in [-0.2, -0.15) is 0 Å². The van der Waals surface area contributed by atoms with Crippen molar-refractivity contribution in [2.45, 2.75) is 40.3 Å². The highest BCUT2D eigenvalue weighted by molar-refractivity contribution is 6.09. The number of ketones is 1. The second-order valence-electron chi connectivity index (χ2n) is 7.38. The molecule has 1 aliphatic heterocycles. The molecule has 2 heterocycles. The number of urea groups is 1. The van der Waals surface area contributed by atoms with Crippen molar-refractivity contribution >= 4 is 17.7 Å². The second-order valence-corrected chi connectivity index (χ2v) is 7.38. The zero-order chi connectivity index (χ0) is 19.7. The van der Waals surface area contributed by atoms with Crippen LogP contribution in [-0.2, 0) is 11.3 Å². The Morgan fingerprint density at radius 3 is 2.41 bits per heavy atom. The Balaban J connectivity index is 1.79. The molecule has 0 aliphatic carbocycles. The third-order valence-corrected chi connectivity index (χ3v) is 5.08. The topological polar surface area (TPSA) is 71.4 Å². The molecule has 0 saturated carbocycles. The van der Waals surface area contributed by atoms with Crippen LogP contribution in [0.4, 0.5) is 4.79 Å². The molecule has 1 atom stereocenters. The number of hydrogen-bond donors (Lipinski definition) is 1. The van der Waals surface area contributed by atoms with Gasteiger partial charge in [0.25, 0.3) is 5.91 Å². The number of carbonyl (C=O) groups excluding carboxylic acids is 3. The van der Waals surface area contributed by atoms with Gasteiger partial charge in [-0.05, 0) is 31.4 Å². The van der Waals surface area contributed by atoms with Crippen LogP contribution in [0.5, 0.6) is 0 Å². The number of aromatic nitrogens is 1. The minimum Gasteiger partial charge on any atom is -0.344 e. The molecule has 1 N–H and O–H groups in total. The lowest BCUT2D eigenvalue weighted by molar-refractivity contribution is -0.127. The number of Topliss-reactive ketones (excluding diaryl/α,β-unsaturated/α-hetero) is 1. The molecule has 3 amide bonds. The standard InChI is InChI=1S/C21H25N3O3/c1-13(2)19-20(26)24(21(27)22-19)12-18(25)17-10-14(3)23(15(17)4)11-16-8-6-5-7-9-16/h5-10,13,19H,11-12H2,1-4H3,(H,22,27). The number of hydrogen-bond acceptors (Lipinski definition) is 3. The third-order valence-electron chi connectivity index (χ3n) is 5.08. The van der Waals surface area contributed by atoms with Gasteiger partial charge in [0.05, 0.1) is 6.54 Å². The van der Waals surface area contributed by atoms with Gasteiger partial charge in [-0.3, -0.25) is 14.5 Å². The molecule has 1 aromatic carbocycles. The van der Waals surface area contributed by atoms with Gasteiger partial charge in [0.2, 0.25) is 0 Å². The molecule has 3 rings (SSSR count). The average Bonchev–Trinajstić information content (AvgIpc) is 3.07. The highest BCUT2D eigenvalue weighted by Crippen LogP contribution is 2.20. The average molecular weight is 367 g/mol. The number of nitrogens with one attached hydrogen (secondary N) is 1. The van der Waals surface area contributed by atoms with E-state index in [0.717, 1.165) is 21.9 Å². The minimum absolute atomic E-state index is 0.0162. The van der Waals surface area contributed by atoms with Crippen LogP contribution in [0, 0.1) is 19.8 Å². The molecule has 6 heteroatoms. The van der Waals surface area contributed by atoms with Crippen molar-refractivity contribution in [3.63, 3.8) is 0 Å². The van der Waals surface area contributed by atoms with E-state index in [2.05, 4.69) is 9.88 Å². The fourth-order valence-electron chi connectivity index (χ4n) is 3.46. The zero-order valence-corrected chi connectivity index (χ0v) is 16.2. The molecule has 0 bridgehead atoms. The Morgan fingerprint density at radius 2 is 1.81 bits per heavy atom. The molecular formula is C21H25N3O3. The number of nitrogens with zero attached hydrogens (tertiary/aromatic N) is 2. The summed E-state index contributed by atoms with van der Waals surface area (Å²) in [5, 5.41) is 2.65. The van der Waals surface area contributed by atoms with E-state index in [1.165, 1.54) is 0 Å². The zero-order valence-electron chi connectivity index (χ0n) is 16.2. The summed E-state index contributed by atoms with van der Waals surface area (Å²) in [4.78, 5) is 38.4. The van der Waals surface area contributed by atoms with Crippen LogP contribution in [0.15, 0.2) is 36.4 Å². The molecular weight excluding hydrogens is 342 g/mol.